The molecule has 0 fully saturated rings. The fourth-order valence-corrected chi connectivity index (χ4v) is 1.84. The summed E-state index contributed by atoms with van der Waals surface area (Å²) in [6.45, 7) is 6.16. The maximum Gasteiger partial charge on any atom is 0.320 e. The highest BCUT2D eigenvalue weighted by Gasteiger charge is 2.18. The lowest BCUT2D eigenvalue weighted by atomic mass is 10.3. The predicted octanol–water partition coefficient (Wildman–Crippen LogP) is 2.55. The van der Waals surface area contributed by atoms with Gasteiger partial charge >= 0.3 is 5.97 Å². The van der Waals surface area contributed by atoms with Gasteiger partial charge < -0.3 is 10.1 Å². The van der Waals surface area contributed by atoms with Crippen LogP contribution >= 0.6 is 11.6 Å². The molecule has 0 bridgehead atoms. The first-order valence-electron chi connectivity index (χ1n) is 6.87. The van der Waals surface area contributed by atoms with Crippen molar-refractivity contribution in [2.45, 2.75) is 26.8 Å². The second-order valence-electron chi connectivity index (χ2n) is 4.86. The molecule has 21 heavy (non-hydrogen) atoms. The standard InChI is InChI=1S/C15H21ClN2O3/c1-4-21-15(20)10-18(11(2)3)9-14(19)17-13-7-5-12(16)6-8-13/h5-8,11H,4,9-10H2,1-3H3,(H,17,19). The summed E-state index contributed by atoms with van der Waals surface area (Å²) >= 11 is 5.79. The number of carbonyl (C=O) groups excluding carboxylic acids is 2. The third kappa shape index (κ3) is 6.60. The van der Waals surface area contributed by atoms with Crippen molar-refractivity contribution < 1.29 is 14.3 Å². The molecule has 0 radical (unpaired) electrons. The van der Waals surface area contributed by atoms with E-state index in [1.54, 1.807) is 36.1 Å². The van der Waals surface area contributed by atoms with Crippen LogP contribution in [0.25, 0.3) is 0 Å². The molecule has 1 rings (SSSR count). The Morgan fingerprint density at radius 2 is 1.86 bits per heavy atom. The Labute approximate surface area is 130 Å². The first-order valence-corrected chi connectivity index (χ1v) is 7.25. The van der Waals surface area contributed by atoms with Crippen molar-refractivity contribution in [3.05, 3.63) is 29.3 Å². The van der Waals surface area contributed by atoms with Gasteiger partial charge in [-0.3, -0.25) is 14.5 Å². The molecule has 1 aromatic rings. The van der Waals surface area contributed by atoms with Crippen molar-refractivity contribution in [3.8, 4) is 0 Å². The van der Waals surface area contributed by atoms with Gasteiger partial charge in [0.25, 0.3) is 0 Å². The van der Waals surface area contributed by atoms with E-state index in [-0.39, 0.29) is 31.0 Å². The summed E-state index contributed by atoms with van der Waals surface area (Å²) in [6.07, 6.45) is 0. The minimum absolute atomic E-state index is 0.0605. The van der Waals surface area contributed by atoms with Crippen molar-refractivity contribution in [2.24, 2.45) is 0 Å². The molecule has 0 unspecified atom stereocenters. The van der Waals surface area contributed by atoms with Crippen LogP contribution in [-0.2, 0) is 14.3 Å². The number of anilines is 1. The number of rotatable bonds is 7. The molecule has 0 heterocycles. The van der Waals surface area contributed by atoms with Crippen molar-refractivity contribution in [1.82, 2.24) is 4.90 Å². The van der Waals surface area contributed by atoms with E-state index in [0.29, 0.717) is 17.3 Å². The number of nitrogens with zero attached hydrogens (tertiary/aromatic N) is 1. The van der Waals surface area contributed by atoms with Gasteiger partial charge in [-0.25, -0.2) is 0 Å². The van der Waals surface area contributed by atoms with E-state index in [1.807, 2.05) is 13.8 Å². The minimum Gasteiger partial charge on any atom is -0.465 e. The Kier molecular flexibility index (Phi) is 7.19. The zero-order valence-electron chi connectivity index (χ0n) is 12.6. The zero-order valence-corrected chi connectivity index (χ0v) is 13.3. The molecule has 0 aliphatic rings. The number of hydrogen-bond donors (Lipinski definition) is 1. The number of ether oxygens (including phenoxy) is 1. The van der Waals surface area contributed by atoms with E-state index in [9.17, 15) is 9.59 Å². The van der Waals surface area contributed by atoms with E-state index < -0.39 is 0 Å². The molecule has 0 aliphatic heterocycles. The Morgan fingerprint density at radius 1 is 1.24 bits per heavy atom. The highest BCUT2D eigenvalue weighted by molar-refractivity contribution is 6.30. The summed E-state index contributed by atoms with van der Waals surface area (Å²) in [5.74, 6) is -0.513. The van der Waals surface area contributed by atoms with Crippen LogP contribution in [0.15, 0.2) is 24.3 Å². The fraction of sp³-hybridized carbons (Fsp3) is 0.467. The van der Waals surface area contributed by atoms with E-state index >= 15 is 0 Å². The van der Waals surface area contributed by atoms with Gasteiger partial charge in [0.15, 0.2) is 0 Å². The topological polar surface area (TPSA) is 58.6 Å². The summed E-state index contributed by atoms with van der Waals surface area (Å²) in [7, 11) is 0. The molecule has 0 spiro atoms. The third-order valence-corrected chi connectivity index (χ3v) is 3.09. The SMILES string of the molecule is CCOC(=O)CN(CC(=O)Nc1ccc(Cl)cc1)C(C)C. The molecular weight excluding hydrogens is 292 g/mol. The molecule has 0 aliphatic carbocycles. The summed E-state index contributed by atoms with van der Waals surface area (Å²) in [5, 5.41) is 3.38. The van der Waals surface area contributed by atoms with Crippen LogP contribution in [-0.4, -0.2) is 42.5 Å². The molecule has 0 saturated carbocycles. The summed E-state index contributed by atoms with van der Waals surface area (Å²) < 4.78 is 4.91. The lowest BCUT2D eigenvalue weighted by Gasteiger charge is -2.24. The molecular formula is C15H21ClN2O3. The fourth-order valence-electron chi connectivity index (χ4n) is 1.71. The van der Waals surface area contributed by atoms with E-state index in [4.69, 9.17) is 16.3 Å². The lowest BCUT2D eigenvalue weighted by Crippen LogP contribution is -2.41. The van der Waals surface area contributed by atoms with Crippen LogP contribution in [0.4, 0.5) is 5.69 Å². The monoisotopic (exact) mass is 312 g/mol. The number of benzene rings is 1. The second-order valence-corrected chi connectivity index (χ2v) is 5.30. The Morgan fingerprint density at radius 3 is 2.38 bits per heavy atom. The van der Waals surface area contributed by atoms with Gasteiger partial charge in [0.2, 0.25) is 5.91 Å². The van der Waals surface area contributed by atoms with Crippen LogP contribution in [0.1, 0.15) is 20.8 Å². The van der Waals surface area contributed by atoms with Gasteiger partial charge in [0.05, 0.1) is 19.7 Å². The number of halogens is 1. The first-order chi connectivity index (χ1) is 9.92. The van der Waals surface area contributed by atoms with Gasteiger partial charge in [-0.2, -0.15) is 0 Å². The molecule has 1 amide bonds. The van der Waals surface area contributed by atoms with Crippen molar-refractivity contribution in [1.29, 1.82) is 0 Å². The summed E-state index contributed by atoms with van der Waals surface area (Å²) in [5.41, 5.74) is 0.671. The number of nitrogens with one attached hydrogen (secondary N) is 1. The Bertz CT molecular complexity index is 474. The van der Waals surface area contributed by atoms with Gasteiger partial charge in [-0.15, -0.1) is 0 Å². The Balaban J connectivity index is 2.56. The minimum atomic E-state index is -0.328. The van der Waals surface area contributed by atoms with Crippen LogP contribution in [0, 0.1) is 0 Å². The van der Waals surface area contributed by atoms with Crippen LogP contribution < -0.4 is 5.32 Å². The van der Waals surface area contributed by atoms with Gasteiger partial charge in [-0.05, 0) is 45.0 Å². The quantitative estimate of drug-likeness (QED) is 0.786. The van der Waals surface area contributed by atoms with Crippen molar-refractivity contribution in [2.75, 3.05) is 25.0 Å². The highest BCUT2D eigenvalue weighted by atomic mass is 35.5. The van der Waals surface area contributed by atoms with Crippen molar-refractivity contribution >= 4 is 29.2 Å². The maximum absolute atomic E-state index is 12.0. The van der Waals surface area contributed by atoms with Crippen LogP contribution in [0.3, 0.4) is 0 Å². The number of hydrogen-bond acceptors (Lipinski definition) is 4. The number of amides is 1. The highest BCUT2D eigenvalue weighted by Crippen LogP contribution is 2.13. The van der Waals surface area contributed by atoms with Crippen molar-refractivity contribution in [3.63, 3.8) is 0 Å². The molecule has 1 N–H and O–H groups in total. The van der Waals surface area contributed by atoms with Gasteiger partial charge in [-0.1, -0.05) is 11.6 Å². The number of esters is 1. The smallest absolute Gasteiger partial charge is 0.320 e. The summed E-state index contributed by atoms with van der Waals surface area (Å²) in [4.78, 5) is 25.3. The molecule has 1 aromatic carbocycles. The Hall–Kier alpha value is -1.59. The van der Waals surface area contributed by atoms with E-state index in [2.05, 4.69) is 5.32 Å². The van der Waals surface area contributed by atoms with E-state index in [0.717, 1.165) is 0 Å². The molecule has 5 nitrogen and oxygen atoms in total. The average Bonchev–Trinajstić information content (AvgIpc) is 2.41. The first kappa shape index (κ1) is 17.5. The van der Waals surface area contributed by atoms with E-state index in [1.165, 1.54) is 0 Å². The number of carbonyl (C=O) groups is 2. The normalized spacial score (nSPS) is 10.8. The molecule has 116 valence electrons. The lowest BCUT2D eigenvalue weighted by molar-refractivity contribution is -0.145. The summed E-state index contributed by atoms with van der Waals surface area (Å²) in [6, 6.07) is 6.92. The molecule has 6 heteroatoms. The predicted molar refractivity (Wildman–Crippen MR) is 83.4 cm³/mol. The zero-order chi connectivity index (χ0) is 15.8. The molecule has 0 aromatic heterocycles. The van der Waals surface area contributed by atoms with Crippen LogP contribution in [0.5, 0.6) is 0 Å². The molecule has 0 atom stereocenters. The average molecular weight is 313 g/mol. The van der Waals surface area contributed by atoms with Crippen LogP contribution in [0.2, 0.25) is 5.02 Å². The maximum atomic E-state index is 12.0. The third-order valence-electron chi connectivity index (χ3n) is 2.84. The largest absolute Gasteiger partial charge is 0.465 e. The van der Waals surface area contributed by atoms with Gasteiger partial charge in [0.1, 0.15) is 0 Å². The van der Waals surface area contributed by atoms with Gasteiger partial charge in [0, 0.05) is 16.8 Å². The second kappa shape index (κ2) is 8.64. The molecule has 0 saturated heterocycles.